The van der Waals surface area contributed by atoms with Crippen LogP contribution >= 0.6 is 12.0 Å². The van der Waals surface area contributed by atoms with E-state index in [4.69, 9.17) is 4.18 Å². The Morgan fingerprint density at radius 1 is 1.26 bits per heavy atom. The Labute approximate surface area is 114 Å². The van der Waals surface area contributed by atoms with E-state index in [1.54, 1.807) is 37.3 Å². The minimum Gasteiger partial charge on any atom is -0.508 e. The second-order valence-electron chi connectivity index (χ2n) is 3.84. The summed E-state index contributed by atoms with van der Waals surface area (Å²) in [4.78, 5) is 11.0. The average Bonchev–Trinajstić information content (AvgIpc) is 2.36. The Balaban J connectivity index is 2.20. The van der Waals surface area contributed by atoms with Gasteiger partial charge >= 0.3 is 0 Å². The Morgan fingerprint density at radius 2 is 2.00 bits per heavy atom. The summed E-state index contributed by atoms with van der Waals surface area (Å²) in [6.07, 6.45) is 0. The molecule has 2 aromatic carbocycles. The molecule has 0 atom stereocenters. The van der Waals surface area contributed by atoms with Crippen LogP contribution in [0.4, 0.5) is 5.69 Å². The molecule has 0 unspecified atom stereocenters. The smallest absolute Gasteiger partial charge is 0.289 e. The highest BCUT2D eigenvalue weighted by Crippen LogP contribution is 2.33. The number of nitro benzene ring substituents is 1. The van der Waals surface area contributed by atoms with Crippen molar-refractivity contribution in [1.29, 1.82) is 0 Å². The summed E-state index contributed by atoms with van der Waals surface area (Å²) in [7, 11) is 0. The zero-order valence-corrected chi connectivity index (χ0v) is 10.9. The highest BCUT2D eigenvalue weighted by molar-refractivity contribution is 7.95. The van der Waals surface area contributed by atoms with E-state index in [2.05, 4.69) is 0 Å². The van der Waals surface area contributed by atoms with Gasteiger partial charge in [-0.05, 0) is 25.1 Å². The fourth-order valence-corrected chi connectivity index (χ4v) is 2.30. The Bertz CT molecular complexity index is 615. The zero-order valence-electron chi connectivity index (χ0n) is 10.1. The molecular weight excluding hydrogens is 266 g/mol. The number of phenols is 1. The van der Waals surface area contributed by atoms with E-state index in [0.717, 1.165) is 12.0 Å². The van der Waals surface area contributed by atoms with E-state index < -0.39 is 4.92 Å². The molecule has 0 heterocycles. The first kappa shape index (κ1) is 13.2. The predicted octanol–water partition coefficient (Wildman–Crippen LogP) is 3.69. The van der Waals surface area contributed by atoms with Gasteiger partial charge in [0.15, 0.2) is 0 Å². The molecule has 5 nitrogen and oxygen atoms in total. The molecule has 0 aliphatic heterocycles. The van der Waals surface area contributed by atoms with Crippen molar-refractivity contribution in [2.24, 2.45) is 0 Å². The van der Waals surface area contributed by atoms with Crippen molar-refractivity contribution in [2.75, 3.05) is 0 Å². The van der Waals surface area contributed by atoms with E-state index in [1.807, 2.05) is 0 Å². The van der Waals surface area contributed by atoms with E-state index in [1.165, 1.54) is 12.1 Å². The van der Waals surface area contributed by atoms with Crippen LogP contribution in [0, 0.1) is 17.0 Å². The van der Waals surface area contributed by atoms with Gasteiger partial charge in [0.05, 0.1) is 17.0 Å². The van der Waals surface area contributed by atoms with Crippen LogP contribution in [-0.2, 0) is 0 Å². The number of benzene rings is 2. The van der Waals surface area contributed by atoms with Crippen LogP contribution in [0.15, 0.2) is 47.4 Å². The summed E-state index contributed by atoms with van der Waals surface area (Å²) in [5.41, 5.74) is 0.613. The summed E-state index contributed by atoms with van der Waals surface area (Å²) in [5, 5.41) is 20.3. The van der Waals surface area contributed by atoms with Gasteiger partial charge in [0.2, 0.25) is 0 Å². The fourth-order valence-electron chi connectivity index (χ4n) is 1.56. The monoisotopic (exact) mass is 277 g/mol. The SMILES string of the molecule is Cc1cccc(SOc2cccc(O)c2)c1[N+](=O)[O-]. The number of hydrogen-bond donors (Lipinski definition) is 1. The molecule has 0 radical (unpaired) electrons. The lowest BCUT2D eigenvalue weighted by Gasteiger charge is -2.06. The maximum atomic E-state index is 11.0. The van der Waals surface area contributed by atoms with Gasteiger partial charge in [-0.3, -0.25) is 10.1 Å². The van der Waals surface area contributed by atoms with Crippen molar-refractivity contribution in [1.82, 2.24) is 0 Å². The summed E-state index contributed by atoms with van der Waals surface area (Å²) in [5.74, 6) is 0.512. The van der Waals surface area contributed by atoms with Crippen LogP contribution in [0.2, 0.25) is 0 Å². The molecule has 0 saturated carbocycles. The average molecular weight is 277 g/mol. The number of nitro groups is 1. The van der Waals surface area contributed by atoms with E-state index in [0.29, 0.717) is 16.2 Å². The van der Waals surface area contributed by atoms with Crippen molar-refractivity contribution in [3.8, 4) is 11.5 Å². The molecule has 0 aromatic heterocycles. The second kappa shape index (κ2) is 5.62. The lowest BCUT2D eigenvalue weighted by molar-refractivity contribution is -0.388. The van der Waals surface area contributed by atoms with Crippen molar-refractivity contribution < 1.29 is 14.2 Å². The highest BCUT2D eigenvalue weighted by atomic mass is 32.2. The molecule has 2 rings (SSSR count). The number of para-hydroxylation sites is 1. The summed E-state index contributed by atoms with van der Waals surface area (Å²) >= 11 is 0.899. The van der Waals surface area contributed by atoms with Gasteiger partial charge in [-0.25, -0.2) is 0 Å². The second-order valence-corrected chi connectivity index (χ2v) is 4.62. The first-order valence-electron chi connectivity index (χ1n) is 5.45. The molecule has 6 heteroatoms. The minimum atomic E-state index is -0.427. The highest BCUT2D eigenvalue weighted by Gasteiger charge is 2.18. The number of rotatable bonds is 4. The van der Waals surface area contributed by atoms with Gasteiger partial charge in [-0.15, -0.1) is 0 Å². The molecule has 0 aliphatic carbocycles. The van der Waals surface area contributed by atoms with Crippen molar-refractivity contribution >= 4 is 17.7 Å². The summed E-state index contributed by atoms with van der Waals surface area (Å²) < 4.78 is 5.37. The molecule has 0 aliphatic rings. The third-order valence-electron chi connectivity index (χ3n) is 2.43. The Morgan fingerprint density at radius 3 is 2.68 bits per heavy atom. The number of aromatic hydroxyl groups is 1. The van der Waals surface area contributed by atoms with Gasteiger partial charge in [0, 0.05) is 11.6 Å². The standard InChI is InChI=1S/C13H11NO4S/c1-9-4-2-7-12(13(9)14(16)17)19-18-11-6-3-5-10(15)8-11/h2-8,15H,1H3. The lowest BCUT2D eigenvalue weighted by Crippen LogP contribution is -1.95. The molecule has 0 bridgehead atoms. The van der Waals surface area contributed by atoms with Gasteiger partial charge < -0.3 is 9.29 Å². The molecule has 0 saturated heterocycles. The largest absolute Gasteiger partial charge is 0.508 e. The number of nitrogens with zero attached hydrogens (tertiary/aromatic N) is 1. The van der Waals surface area contributed by atoms with Crippen LogP contribution in [-0.4, -0.2) is 10.0 Å². The number of phenolic OH excluding ortho intramolecular Hbond substituents is 1. The number of hydrogen-bond acceptors (Lipinski definition) is 5. The Hall–Kier alpha value is -2.21. The summed E-state index contributed by atoms with van der Waals surface area (Å²) in [6, 6.07) is 11.3. The molecule has 98 valence electrons. The maximum absolute atomic E-state index is 11.0. The van der Waals surface area contributed by atoms with Crippen molar-refractivity contribution in [3.63, 3.8) is 0 Å². The first-order valence-corrected chi connectivity index (χ1v) is 6.19. The molecule has 0 fully saturated rings. The van der Waals surface area contributed by atoms with Crippen LogP contribution in [0.1, 0.15) is 5.56 Å². The molecular formula is C13H11NO4S. The van der Waals surface area contributed by atoms with Crippen molar-refractivity contribution in [2.45, 2.75) is 11.8 Å². The minimum absolute atomic E-state index is 0.0349. The van der Waals surface area contributed by atoms with Crippen molar-refractivity contribution in [3.05, 3.63) is 58.1 Å². The molecule has 1 N–H and O–H groups in total. The fraction of sp³-hybridized carbons (Fsp3) is 0.0769. The number of aryl methyl sites for hydroxylation is 1. The molecule has 19 heavy (non-hydrogen) atoms. The third kappa shape index (κ3) is 3.17. The lowest BCUT2D eigenvalue weighted by atomic mass is 10.2. The maximum Gasteiger partial charge on any atom is 0.289 e. The van der Waals surface area contributed by atoms with E-state index in [9.17, 15) is 15.2 Å². The van der Waals surface area contributed by atoms with Gasteiger partial charge in [0.25, 0.3) is 5.69 Å². The predicted molar refractivity (Wildman–Crippen MR) is 72.4 cm³/mol. The molecule has 0 spiro atoms. The van der Waals surface area contributed by atoms with Crippen LogP contribution < -0.4 is 4.18 Å². The van der Waals surface area contributed by atoms with Gasteiger partial charge in [-0.2, -0.15) is 0 Å². The van der Waals surface area contributed by atoms with Crippen LogP contribution in [0.5, 0.6) is 11.5 Å². The third-order valence-corrected chi connectivity index (χ3v) is 3.21. The zero-order chi connectivity index (χ0) is 13.8. The van der Waals surface area contributed by atoms with E-state index in [-0.39, 0.29) is 11.4 Å². The quantitative estimate of drug-likeness (QED) is 0.524. The topological polar surface area (TPSA) is 72.6 Å². The van der Waals surface area contributed by atoms with Crippen LogP contribution in [0.3, 0.4) is 0 Å². The van der Waals surface area contributed by atoms with Crippen LogP contribution in [0.25, 0.3) is 0 Å². The Kier molecular flexibility index (Phi) is 3.91. The van der Waals surface area contributed by atoms with E-state index >= 15 is 0 Å². The first-order chi connectivity index (χ1) is 9.08. The molecule has 2 aromatic rings. The van der Waals surface area contributed by atoms with Gasteiger partial charge in [0.1, 0.15) is 16.4 Å². The van der Waals surface area contributed by atoms with Gasteiger partial charge in [-0.1, -0.05) is 18.2 Å². The summed E-state index contributed by atoms with van der Waals surface area (Å²) in [6.45, 7) is 1.68. The molecule has 0 amide bonds. The normalized spacial score (nSPS) is 10.2.